The van der Waals surface area contributed by atoms with Crippen LogP contribution in [-0.4, -0.2) is 27.7 Å². The fraction of sp³-hybridized carbons (Fsp3) is 0.333. The van der Waals surface area contributed by atoms with Gasteiger partial charge in [0.1, 0.15) is 5.75 Å². The minimum Gasteiger partial charge on any atom is -0.497 e. The number of aryl methyl sites for hydroxylation is 1. The Morgan fingerprint density at radius 2 is 1.86 bits per heavy atom. The topological polar surface area (TPSA) is 24.5 Å². The minimum atomic E-state index is 0.279. The van der Waals surface area contributed by atoms with Crippen LogP contribution in [0.15, 0.2) is 48.5 Å². The van der Waals surface area contributed by atoms with Gasteiger partial charge in [-0.25, -0.2) is 0 Å². The molecule has 0 aromatic heterocycles. The van der Waals surface area contributed by atoms with E-state index in [1.165, 1.54) is 16.8 Å². The largest absolute Gasteiger partial charge is 0.497 e. The van der Waals surface area contributed by atoms with Crippen LogP contribution in [0.5, 0.6) is 5.75 Å². The van der Waals surface area contributed by atoms with Crippen molar-refractivity contribution in [3.8, 4) is 5.75 Å². The number of likely N-dealkylation sites (N-methyl/N-ethyl adjacent to an activating group) is 2. The summed E-state index contributed by atoms with van der Waals surface area (Å²) in [4.78, 5) is 2.28. The van der Waals surface area contributed by atoms with Gasteiger partial charge in [-0.2, -0.15) is 0 Å². The third kappa shape index (κ3) is 3.99. The smallest absolute Gasteiger partial charge is 0.118 e. The van der Waals surface area contributed by atoms with Gasteiger partial charge in [0.2, 0.25) is 0 Å². The molecule has 112 valence electrons. The van der Waals surface area contributed by atoms with Crippen molar-refractivity contribution < 1.29 is 4.74 Å². The lowest BCUT2D eigenvalue weighted by Gasteiger charge is -2.26. The summed E-state index contributed by atoms with van der Waals surface area (Å²) in [6.07, 6.45) is 0. The predicted molar refractivity (Wildman–Crippen MR) is 89.2 cm³/mol. The van der Waals surface area contributed by atoms with E-state index in [0.29, 0.717) is 0 Å². The second-order valence-corrected chi connectivity index (χ2v) is 5.33. The summed E-state index contributed by atoms with van der Waals surface area (Å²) >= 11 is 0. The molecule has 0 bridgehead atoms. The van der Waals surface area contributed by atoms with E-state index < -0.39 is 0 Å². The highest BCUT2D eigenvalue weighted by Crippen LogP contribution is 2.21. The van der Waals surface area contributed by atoms with Gasteiger partial charge in [0.15, 0.2) is 0 Å². The molecule has 2 aromatic rings. The second kappa shape index (κ2) is 7.14. The number of methoxy groups -OCH3 is 1. The molecule has 1 N–H and O–H groups in total. The third-order valence-corrected chi connectivity index (χ3v) is 3.77. The van der Waals surface area contributed by atoms with E-state index in [4.69, 9.17) is 4.74 Å². The van der Waals surface area contributed by atoms with Crippen LogP contribution in [-0.2, 0) is 0 Å². The molecule has 0 amide bonds. The quantitative estimate of drug-likeness (QED) is 0.880. The SMILES string of the molecule is CNC(CN(C)c1cccc(C)c1)c1ccc(OC)cc1. The third-order valence-electron chi connectivity index (χ3n) is 3.77. The zero-order valence-electron chi connectivity index (χ0n) is 13.3. The summed E-state index contributed by atoms with van der Waals surface area (Å²) < 4.78 is 5.22. The fourth-order valence-electron chi connectivity index (χ4n) is 2.44. The van der Waals surface area contributed by atoms with Crippen molar-refractivity contribution >= 4 is 5.69 Å². The first-order chi connectivity index (χ1) is 10.1. The maximum Gasteiger partial charge on any atom is 0.118 e. The summed E-state index contributed by atoms with van der Waals surface area (Å²) in [6.45, 7) is 3.03. The van der Waals surface area contributed by atoms with E-state index in [9.17, 15) is 0 Å². The van der Waals surface area contributed by atoms with Crippen molar-refractivity contribution in [1.29, 1.82) is 0 Å². The zero-order valence-corrected chi connectivity index (χ0v) is 13.3. The average Bonchev–Trinajstić information content (AvgIpc) is 2.52. The molecule has 0 aliphatic rings. The molecule has 0 spiro atoms. The van der Waals surface area contributed by atoms with Crippen LogP contribution in [0.2, 0.25) is 0 Å². The standard InChI is InChI=1S/C18H24N2O/c1-14-6-5-7-16(12-14)20(3)13-18(19-2)15-8-10-17(21-4)11-9-15/h5-12,18-19H,13H2,1-4H3. The van der Waals surface area contributed by atoms with Crippen LogP contribution < -0.4 is 15.0 Å². The van der Waals surface area contributed by atoms with E-state index in [1.54, 1.807) is 7.11 Å². The number of hydrogen-bond donors (Lipinski definition) is 1. The molecule has 3 nitrogen and oxygen atoms in total. The first kappa shape index (κ1) is 15.4. The Bertz CT molecular complexity index is 566. The molecule has 2 aromatic carbocycles. The van der Waals surface area contributed by atoms with Crippen LogP contribution in [0.1, 0.15) is 17.2 Å². The molecule has 0 fully saturated rings. The van der Waals surface area contributed by atoms with Crippen molar-refractivity contribution in [3.63, 3.8) is 0 Å². The van der Waals surface area contributed by atoms with Gasteiger partial charge in [0.25, 0.3) is 0 Å². The minimum absolute atomic E-state index is 0.279. The molecule has 1 atom stereocenters. The van der Waals surface area contributed by atoms with Gasteiger partial charge < -0.3 is 15.0 Å². The van der Waals surface area contributed by atoms with Crippen LogP contribution in [0, 0.1) is 6.92 Å². The lowest BCUT2D eigenvalue weighted by molar-refractivity contribution is 0.414. The highest BCUT2D eigenvalue weighted by molar-refractivity contribution is 5.48. The number of benzene rings is 2. The molecule has 2 rings (SSSR count). The number of rotatable bonds is 6. The van der Waals surface area contributed by atoms with E-state index in [2.05, 4.69) is 60.6 Å². The summed E-state index contributed by atoms with van der Waals surface area (Å²) in [7, 11) is 5.82. The summed E-state index contributed by atoms with van der Waals surface area (Å²) in [5.74, 6) is 0.889. The Hall–Kier alpha value is -2.00. The Kier molecular flexibility index (Phi) is 5.23. The number of nitrogens with one attached hydrogen (secondary N) is 1. The molecule has 0 saturated carbocycles. The fourth-order valence-corrected chi connectivity index (χ4v) is 2.44. The van der Waals surface area contributed by atoms with Crippen molar-refractivity contribution in [2.45, 2.75) is 13.0 Å². The van der Waals surface area contributed by atoms with Crippen molar-refractivity contribution in [3.05, 3.63) is 59.7 Å². The van der Waals surface area contributed by atoms with E-state index in [-0.39, 0.29) is 6.04 Å². The Labute approximate surface area is 127 Å². The van der Waals surface area contributed by atoms with Gasteiger partial charge in [0.05, 0.1) is 7.11 Å². The maximum atomic E-state index is 5.22. The summed E-state index contributed by atoms with van der Waals surface area (Å²) in [5.41, 5.74) is 3.78. The molecule has 1 unspecified atom stereocenters. The van der Waals surface area contributed by atoms with Crippen molar-refractivity contribution in [2.24, 2.45) is 0 Å². The van der Waals surface area contributed by atoms with Gasteiger partial charge in [-0.15, -0.1) is 0 Å². The second-order valence-electron chi connectivity index (χ2n) is 5.33. The molecule has 0 aliphatic carbocycles. The molecular formula is C18H24N2O. The first-order valence-electron chi connectivity index (χ1n) is 7.23. The number of hydrogen-bond acceptors (Lipinski definition) is 3. The lowest BCUT2D eigenvalue weighted by atomic mass is 10.1. The Balaban J connectivity index is 2.10. The van der Waals surface area contributed by atoms with Gasteiger partial charge in [-0.3, -0.25) is 0 Å². The molecule has 0 saturated heterocycles. The van der Waals surface area contributed by atoms with E-state index in [1.807, 2.05) is 19.2 Å². The molecule has 0 heterocycles. The average molecular weight is 284 g/mol. The van der Waals surface area contributed by atoms with Crippen molar-refractivity contribution in [2.75, 3.05) is 32.6 Å². The van der Waals surface area contributed by atoms with Gasteiger partial charge >= 0.3 is 0 Å². The predicted octanol–water partition coefficient (Wildman–Crippen LogP) is 3.40. The number of nitrogens with zero attached hydrogens (tertiary/aromatic N) is 1. The molecule has 21 heavy (non-hydrogen) atoms. The summed E-state index contributed by atoms with van der Waals surface area (Å²) in [5, 5.41) is 3.39. The van der Waals surface area contributed by atoms with Crippen LogP contribution in [0.25, 0.3) is 0 Å². The van der Waals surface area contributed by atoms with E-state index in [0.717, 1.165) is 12.3 Å². The number of ether oxygens (including phenoxy) is 1. The molecule has 0 aliphatic heterocycles. The monoisotopic (exact) mass is 284 g/mol. The molecular weight excluding hydrogens is 260 g/mol. The highest BCUT2D eigenvalue weighted by Gasteiger charge is 2.12. The van der Waals surface area contributed by atoms with Gasteiger partial charge in [-0.05, 0) is 49.4 Å². The van der Waals surface area contributed by atoms with Crippen LogP contribution in [0.3, 0.4) is 0 Å². The van der Waals surface area contributed by atoms with Gasteiger partial charge in [0, 0.05) is 25.3 Å². The number of anilines is 1. The van der Waals surface area contributed by atoms with Crippen molar-refractivity contribution in [1.82, 2.24) is 5.32 Å². The maximum absolute atomic E-state index is 5.22. The zero-order chi connectivity index (χ0) is 15.2. The Morgan fingerprint density at radius 1 is 1.14 bits per heavy atom. The molecule has 0 radical (unpaired) electrons. The van der Waals surface area contributed by atoms with E-state index >= 15 is 0 Å². The highest BCUT2D eigenvalue weighted by atomic mass is 16.5. The van der Waals surface area contributed by atoms with Crippen LogP contribution >= 0.6 is 0 Å². The summed E-state index contributed by atoms with van der Waals surface area (Å²) in [6, 6.07) is 17.1. The van der Waals surface area contributed by atoms with Gasteiger partial charge in [-0.1, -0.05) is 24.3 Å². The normalized spacial score (nSPS) is 12.0. The first-order valence-corrected chi connectivity index (χ1v) is 7.23. The lowest BCUT2D eigenvalue weighted by Crippen LogP contribution is -2.31. The Morgan fingerprint density at radius 3 is 2.43 bits per heavy atom. The van der Waals surface area contributed by atoms with Crippen LogP contribution in [0.4, 0.5) is 5.69 Å². The molecule has 3 heteroatoms.